The molecule has 140 valence electrons. The molecule has 0 fully saturated rings. The predicted octanol–water partition coefficient (Wildman–Crippen LogP) is 3.20. The fourth-order valence-corrected chi connectivity index (χ4v) is 3.72. The molecule has 1 aromatic carbocycles. The number of rotatable bonds is 7. The Labute approximate surface area is 153 Å². The lowest BCUT2D eigenvalue weighted by atomic mass is 9.91. The number of nitrogens with one attached hydrogen (secondary N) is 1. The van der Waals surface area contributed by atoms with Gasteiger partial charge in [0.15, 0.2) is 0 Å². The van der Waals surface area contributed by atoms with Crippen LogP contribution < -0.4 is 5.32 Å². The molecule has 0 unspecified atom stereocenters. The van der Waals surface area contributed by atoms with Gasteiger partial charge in [0.05, 0.1) is 6.61 Å². The van der Waals surface area contributed by atoms with Gasteiger partial charge in [-0.3, -0.25) is 4.79 Å². The zero-order valence-electron chi connectivity index (χ0n) is 15.4. The molecule has 2 aromatic rings. The molecule has 0 bridgehead atoms. The first-order chi connectivity index (χ1) is 12.6. The van der Waals surface area contributed by atoms with Gasteiger partial charge in [0, 0.05) is 50.3 Å². The molecule has 1 amide bonds. The Balaban J connectivity index is 1.91. The summed E-state index contributed by atoms with van der Waals surface area (Å²) in [5, 5.41) is 2.86. The van der Waals surface area contributed by atoms with E-state index in [1.807, 2.05) is 12.3 Å². The van der Waals surface area contributed by atoms with E-state index in [2.05, 4.69) is 21.8 Å². The molecular formula is C20H26FN3O2. The summed E-state index contributed by atoms with van der Waals surface area (Å²) in [6.07, 6.45) is 5.27. The topological polar surface area (TPSA) is 56.1 Å². The minimum atomic E-state index is -0.293. The highest BCUT2D eigenvalue weighted by Gasteiger charge is 2.27. The van der Waals surface area contributed by atoms with Crippen LogP contribution in [0.25, 0.3) is 0 Å². The summed E-state index contributed by atoms with van der Waals surface area (Å²) in [6.45, 7) is 3.11. The van der Waals surface area contributed by atoms with Crippen molar-refractivity contribution in [1.29, 1.82) is 0 Å². The smallest absolute Gasteiger partial charge is 0.221 e. The van der Waals surface area contributed by atoms with Gasteiger partial charge in [-0.2, -0.15) is 0 Å². The molecule has 2 atom stereocenters. The molecule has 0 saturated carbocycles. The predicted molar refractivity (Wildman–Crippen MR) is 97.6 cm³/mol. The van der Waals surface area contributed by atoms with Gasteiger partial charge >= 0.3 is 0 Å². The highest BCUT2D eigenvalue weighted by molar-refractivity contribution is 5.77. The third-order valence-electron chi connectivity index (χ3n) is 4.99. The maximum Gasteiger partial charge on any atom is 0.221 e. The number of aryl methyl sites for hydroxylation is 1. The largest absolute Gasteiger partial charge is 0.383 e. The zero-order chi connectivity index (χ0) is 18.5. The Morgan fingerprint density at radius 1 is 1.50 bits per heavy atom. The number of fused-ring (bicyclic) bond motifs is 1. The minimum absolute atomic E-state index is 0.0738. The number of halogens is 1. The van der Waals surface area contributed by atoms with Gasteiger partial charge in [-0.05, 0) is 37.5 Å². The summed E-state index contributed by atoms with van der Waals surface area (Å²) in [4.78, 5) is 17.0. The van der Waals surface area contributed by atoms with E-state index in [1.165, 1.54) is 12.1 Å². The van der Waals surface area contributed by atoms with Crippen molar-refractivity contribution in [3.05, 3.63) is 53.4 Å². The third-order valence-corrected chi connectivity index (χ3v) is 4.99. The van der Waals surface area contributed by atoms with Crippen molar-refractivity contribution in [3.63, 3.8) is 0 Å². The van der Waals surface area contributed by atoms with E-state index in [0.717, 1.165) is 36.3 Å². The molecule has 6 heteroatoms. The van der Waals surface area contributed by atoms with Crippen LogP contribution in [0.4, 0.5) is 4.39 Å². The van der Waals surface area contributed by atoms with Gasteiger partial charge < -0.3 is 14.6 Å². The number of nitrogens with zero attached hydrogens (tertiary/aromatic N) is 2. The van der Waals surface area contributed by atoms with Crippen LogP contribution in [-0.4, -0.2) is 35.7 Å². The van der Waals surface area contributed by atoms with Crippen molar-refractivity contribution in [2.45, 2.75) is 44.6 Å². The number of amides is 1. The molecule has 3 rings (SSSR count). The first kappa shape index (κ1) is 18.6. The molecule has 0 saturated heterocycles. The van der Waals surface area contributed by atoms with Crippen molar-refractivity contribution in [1.82, 2.24) is 14.9 Å². The van der Waals surface area contributed by atoms with Gasteiger partial charge in [-0.1, -0.05) is 12.1 Å². The van der Waals surface area contributed by atoms with Crippen molar-refractivity contribution in [3.8, 4) is 0 Å². The van der Waals surface area contributed by atoms with Gasteiger partial charge in [0.25, 0.3) is 0 Å². The highest BCUT2D eigenvalue weighted by Crippen LogP contribution is 2.34. The summed E-state index contributed by atoms with van der Waals surface area (Å²) >= 11 is 0. The van der Waals surface area contributed by atoms with E-state index in [1.54, 1.807) is 13.2 Å². The number of methoxy groups -OCH3 is 1. The minimum Gasteiger partial charge on any atom is -0.383 e. The fraction of sp³-hybridized carbons (Fsp3) is 0.500. The van der Waals surface area contributed by atoms with Crippen LogP contribution in [0.2, 0.25) is 0 Å². The molecule has 0 spiro atoms. The van der Waals surface area contributed by atoms with Crippen LogP contribution in [0, 0.1) is 5.82 Å². The van der Waals surface area contributed by atoms with Crippen LogP contribution in [0.15, 0.2) is 30.5 Å². The van der Waals surface area contributed by atoms with Crippen molar-refractivity contribution >= 4 is 5.91 Å². The first-order valence-corrected chi connectivity index (χ1v) is 9.17. The van der Waals surface area contributed by atoms with E-state index in [-0.39, 0.29) is 24.1 Å². The van der Waals surface area contributed by atoms with Gasteiger partial charge in [0.2, 0.25) is 5.91 Å². The zero-order valence-corrected chi connectivity index (χ0v) is 15.4. The summed E-state index contributed by atoms with van der Waals surface area (Å²) < 4.78 is 21.0. The summed E-state index contributed by atoms with van der Waals surface area (Å²) in [6, 6.07) is 6.85. The Morgan fingerprint density at radius 3 is 3.12 bits per heavy atom. The maximum absolute atomic E-state index is 13.8. The average Bonchev–Trinajstić information content (AvgIpc) is 3.05. The molecule has 1 N–H and O–H groups in total. The maximum atomic E-state index is 13.8. The van der Waals surface area contributed by atoms with Crippen LogP contribution in [0.1, 0.15) is 55.2 Å². The van der Waals surface area contributed by atoms with Gasteiger partial charge in [-0.25, -0.2) is 9.37 Å². The van der Waals surface area contributed by atoms with E-state index in [9.17, 15) is 9.18 Å². The Hall–Kier alpha value is -2.21. The number of carbonyl (C=O) groups is 1. The second kappa shape index (κ2) is 8.45. The van der Waals surface area contributed by atoms with E-state index in [4.69, 9.17) is 4.74 Å². The lowest BCUT2D eigenvalue weighted by Crippen LogP contribution is -2.29. The Bertz CT molecular complexity index is 759. The van der Waals surface area contributed by atoms with Crippen LogP contribution >= 0.6 is 0 Å². The Morgan fingerprint density at radius 2 is 2.35 bits per heavy atom. The first-order valence-electron chi connectivity index (χ1n) is 9.17. The molecule has 5 nitrogen and oxygen atoms in total. The molecule has 1 aliphatic rings. The molecule has 0 radical (unpaired) electrons. The van der Waals surface area contributed by atoms with Gasteiger partial charge in [-0.15, -0.1) is 0 Å². The van der Waals surface area contributed by atoms with Crippen LogP contribution in [0.5, 0.6) is 0 Å². The number of hydrogen-bond acceptors (Lipinski definition) is 3. The number of carbonyl (C=O) groups excluding carboxylic acids is 1. The summed E-state index contributed by atoms with van der Waals surface area (Å²) in [5.74, 6) is 0.462. The number of imidazole rings is 1. The second-order valence-electron chi connectivity index (χ2n) is 6.87. The summed E-state index contributed by atoms with van der Waals surface area (Å²) in [5.41, 5.74) is 1.78. The van der Waals surface area contributed by atoms with E-state index >= 15 is 0 Å². The number of benzene rings is 1. The van der Waals surface area contributed by atoms with Crippen molar-refractivity contribution in [2.75, 3.05) is 20.3 Å². The van der Waals surface area contributed by atoms with E-state index in [0.29, 0.717) is 19.2 Å². The monoisotopic (exact) mass is 359 g/mol. The molecule has 1 aromatic heterocycles. The second-order valence-corrected chi connectivity index (χ2v) is 6.87. The fourth-order valence-electron chi connectivity index (χ4n) is 3.72. The molecule has 26 heavy (non-hydrogen) atoms. The highest BCUT2D eigenvalue weighted by atomic mass is 19.1. The quantitative estimate of drug-likeness (QED) is 0.773. The van der Waals surface area contributed by atoms with Crippen LogP contribution in [-0.2, 0) is 16.0 Å². The normalized spacial score (nSPS) is 17.6. The molecule has 1 aliphatic heterocycles. The third kappa shape index (κ3) is 4.12. The van der Waals surface area contributed by atoms with E-state index < -0.39 is 0 Å². The van der Waals surface area contributed by atoms with Gasteiger partial charge in [0.1, 0.15) is 11.6 Å². The molecular weight excluding hydrogens is 333 g/mol. The summed E-state index contributed by atoms with van der Waals surface area (Å²) in [7, 11) is 1.60. The number of aromatic nitrogens is 2. The van der Waals surface area contributed by atoms with Crippen LogP contribution in [0.3, 0.4) is 0 Å². The number of hydrogen-bond donors (Lipinski definition) is 1. The van der Waals surface area contributed by atoms with Crippen molar-refractivity contribution in [2.24, 2.45) is 0 Å². The lowest BCUT2D eigenvalue weighted by molar-refractivity contribution is -0.121. The SMILES string of the molecule is COCCNC(=O)C[C@@H](c1cccc(F)c1)c1cnc2n1[C@H](C)CCC2. The molecule has 2 heterocycles. The average molecular weight is 359 g/mol. The molecule has 0 aliphatic carbocycles. The Kier molecular flexibility index (Phi) is 6.04. The number of ether oxygens (including phenoxy) is 1. The lowest BCUT2D eigenvalue weighted by Gasteiger charge is -2.27. The standard InChI is InChI=1S/C20H26FN3O2/c1-14-5-3-8-19-23-13-18(24(14)19)17(12-20(25)22-9-10-26-2)15-6-4-7-16(21)11-15/h4,6-7,11,13-14,17H,3,5,8-10,12H2,1-2H3,(H,22,25)/t14-,17+/m1/s1. The van der Waals surface area contributed by atoms with Crippen molar-refractivity contribution < 1.29 is 13.9 Å².